The van der Waals surface area contributed by atoms with Gasteiger partial charge in [-0.15, -0.1) is 0 Å². The third-order valence-corrected chi connectivity index (χ3v) is 2.69. The molecule has 104 valence electrons. The molecule has 1 amide bonds. The lowest BCUT2D eigenvalue weighted by Crippen LogP contribution is -2.38. The van der Waals surface area contributed by atoms with E-state index in [1.807, 2.05) is 0 Å². The number of aliphatic carboxylic acids is 1. The molecular formula is C13H17NO5. The molecule has 0 atom stereocenters. The van der Waals surface area contributed by atoms with E-state index in [0.29, 0.717) is 0 Å². The zero-order valence-corrected chi connectivity index (χ0v) is 10.8. The third-order valence-electron chi connectivity index (χ3n) is 2.69. The molecule has 0 unspecified atom stereocenters. The van der Waals surface area contributed by atoms with Gasteiger partial charge >= 0.3 is 5.97 Å². The van der Waals surface area contributed by atoms with Crippen molar-refractivity contribution >= 4 is 11.9 Å². The Hall–Kier alpha value is -2.24. The maximum atomic E-state index is 12.3. The number of carbonyl (C=O) groups is 2. The van der Waals surface area contributed by atoms with Gasteiger partial charge in [0.05, 0.1) is 6.42 Å². The Kier molecular flexibility index (Phi) is 4.74. The fourth-order valence-electron chi connectivity index (χ4n) is 1.70. The van der Waals surface area contributed by atoms with Crippen molar-refractivity contribution in [3.05, 3.63) is 23.8 Å². The minimum absolute atomic E-state index is 0.0135. The van der Waals surface area contributed by atoms with E-state index in [1.165, 1.54) is 23.1 Å². The molecule has 0 aliphatic carbocycles. The van der Waals surface area contributed by atoms with Gasteiger partial charge in [0.15, 0.2) is 0 Å². The summed E-state index contributed by atoms with van der Waals surface area (Å²) in [4.78, 5) is 24.1. The molecule has 1 rings (SSSR count). The Balaban J connectivity index is 3.03. The predicted molar refractivity (Wildman–Crippen MR) is 68.2 cm³/mol. The molecule has 0 fully saturated rings. The van der Waals surface area contributed by atoms with Crippen LogP contribution in [0.25, 0.3) is 0 Å². The zero-order chi connectivity index (χ0) is 14.6. The van der Waals surface area contributed by atoms with Crippen molar-refractivity contribution in [2.24, 2.45) is 0 Å². The fourth-order valence-corrected chi connectivity index (χ4v) is 1.70. The van der Waals surface area contributed by atoms with Gasteiger partial charge in [0.25, 0.3) is 5.91 Å². The van der Waals surface area contributed by atoms with Crippen molar-refractivity contribution in [2.45, 2.75) is 26.3 Å². The van der Waals surface area contributed by atoms with E-state index >= 15 is 0 Å². The number of amides is 1. The molecule has 0 bridgehead atoms. The van der Waals surface area contributed by atoms with Gasteiger partial charge in [-0.25, -0.2) is 0 Å². The first kappa shape index (κ1) is 14.8. The Morgan fingerprint density at radius 2 is 1.74 bits per heavy atom. The largest absolute Gasteiger partial charge is 0.507 e. The maximum Gasteiger partial charge on any atom is 0.305 e. The normalized spacial score (nSPS) is 10.5. The van der Waals surface area contributed by atoms with Gasteiger partial charge in [-0.05, 0) is 26.0 Å². The van der Waals surface area contributed by atoms with E-state index in [0.717, 1.165) is 0 Å². The smallest absolute Gasteiger partial charge is 0.305 e. The SMILES string of the molecule is CC(C)N(CCC(=O)O)C(=O)c1c(O)cccc1O. The lowest BCUT2D eigenvalue weighted by molar-refractivity contribution is -0.137. The van der Waals surface area contributed by atoms with Gasteiger partial charge < -0.3 is 20.2 Å². The molecule has 0 radical (unpaired) electrons. The van der Waals surface area contributed by atoms with Crippen molar-refractivity contribution in [1.82, 2.24) is 4.90 Å². The third kappa shape index (κ3) is 3.61. The number of benzene rings is 1. The quantitative estimate of drug-likeness (QED) is 0.749. The molecule has 0 aliphatic rings. The van der Waals surface area contributed by atoms with Gasteiger partial charge in [-0.2, -0.15) is 0 Å². The number of aromatic hydroxyl groups is 2. The highest BCUT2D eigenvalue weighted by atomic mass is 16.4. The zero-order valence-electron chi connectivity index (χ0n) is 10.8. The highest BCUT2D eigenvalue weighted by Gasteiger charge is 2.24. The molecule has 0 spiro atoms. The van der Waals surface area contributed by atoms with Crippen LogP contribution >= 0.6 is 0 Å². The van der Waals surface area contributed by atoms with Crippen molar-refractivity contribution < 1.29 is 24.9 Å². The summed E-state index contributed by atoms with van der Waals surface area (Å²) < 4.78 is 0. The minimum atomic E-state index is -1.01. The van der Waals surface area contributed by atoms with Crippen molar-refractivity contribution in [3.8, 4) is 11.5 Å². The lowest BCUT2D eigenvalue weighted by atomic mass is 10.1. The number of rotatable bonds is 5. The highest BCUT2D eigenvalue weighted by molar-refractivity contribution is 5.99. The minimum Gasteiger partial charge on any atom is -0.507 e. The topological polar surface area (TPSA) is 98.1 Å². The average Bonchev–Trinajstić information content (AvgIpc) is 2.27. The summed E-state index contributed by atoms with van der Waals surface area (Å²) in [5.41, 5.74) is -0.207. The second-order valence-electron chi connectivity index (χ2n) is 4.41. The highest BCUT2D eigenvalue weighted by Crippen LogP contribution is 2.28. The van der Waals surface area contributed by atoms with Crippen LogP contribution in [0.1, 0.15) is 30.6 Å². The molecular weight excluding hydrogens is 250 g/mol. The van der Waals surface area contributed by atoms with E-state index in [2.05, 4.69) is 0 Å². The first-order chi connectivity index (χ1) is 8.84. The van der Waals surface area contributed by atoms with Crippen LogP contribution in [0.2, 0.25) is 0 Å². The van der Waals surface area contributed by atoms with Crippen LogP contribution in [0.3, 0.4) is 0 Å². The molecule has 0 aliphatic heterocycles. The summed E-state index contributed by atoms with van der Waals surface area (Å²) in [6, 6.07) is 3.76. The standard InChI is InChI=1S/C13H17NO5/c1-8(2)14(7-6-11(17)18)13(19)12-9(15)4-3-5-10(12)16/h3-5,8,15-16H,6-7H2,1-2H3,(H,17,18). The second-order valence-corrected chi connectivity index (χ2v) is 4.41. The molecule has 0 aromatic heterocycles. The predicted octanol–water partition coefficient (Wildman–Crippen LogP) is 1.42. The second kappa shape index (κ2) is 6.08. The summed E-state index contributed by atoms with van der Waals surface area (Å²) in [7, 11) is 0. The molecule has 0 saturated heterocycles. The number of hydrogen-bond donors (Lipinski definition) is 3. The Bertz CT molecular complexity index is 464. The molecule has 6 nitrogen and oxygen atoms in total. The van der Waals surface area contributed by atoms with Crippen molar-refractivity contribution in [3.63, 3.8) is 0 Å². The summed E-state index contributed by atoms with van der Waals surface area (Å²) in [5, 5.41) is 28.0. The van der Waals surface area contributed by atoms with Crippen LogP contribution < -0.4 is 0 Å². The Labute approximate surface area is 110 Å². The van der Waals surface area contributed by atoms with Gasteiger partial charge in [0.2, 0.25) is 0 Å². The summed E-state index contributed by atoms with van der Waals surface area (Å²) >= 11 is 0. The van der Waals surface area contributed by atoms with E-state index < -0.39 is 11.9 Å². The summed E-state index contributed by atoms with van der Waals surface area (Å²) in [6.45, 7) is 3.48. The van der Waals surface area contributed by atoms with E-state index in [4.69, 9.17) is 5.11 Å². The van der Waals surface area contributed by atoms with Crippen molar-refractivity contribution in [2.75, 3.05) is 6.54 Å². The maximum absolute atomic E-state index is 12.3. The van der Waals surface area contributed by atoms with Gasteiger partial charge in [-0.3, -0.25) is 9.59 Å². The van der Waals surface area contributed by atoms with Gasteiger partial charge in [0.1, 0.15) is 17.1 Å². The number of carboxylic acids is 1. The lowest BCUT2D eigenvalue weighted by Gasteiger charge is -2.26. The molecule has 1 aromatic rings. The van der Waals surface area contributed by atoms with Gasteiger partial charge in [0, 0.05) is 12.6 Å². The van der Waals surface area contributed by atoms with Crippen LogP contribution in [0.15, 0.2) is 18.2 Å². The van der Waals surface area contributed by atoms with Crippen LogP contribution in [0.4, 0.5) is 0 Å². The molecule has 3 N–H and O–H groups in total. The van der Waals surface area contributed by atoms with E-state index in [1.54, 1.807) is 13.8 Å². The first-order valence-electron chi connectivity index (χ1n) is 5.88. The average molecular weight is 267 g/mol. The van der Waals surface area contributed by atoms with E-state index in [9.17, 15) is 19.8 Å². The first-order valence-corrected chi connectivity index (χ1v) is 5.88. The summed E-state index contributed by atoms with van der Waals surface area (Å²) in [6.07, 6.45) is -0.196. The number of nitrogens with zero attached hydrogens (tertiary/aromatic N) is 1. The van der Waals surface area contributed by atoms with Crippen molar-refractivity contribution in [1.29, 1.82) is 0 Å². The number of phenols is 2. The van der Waals surface area contributed by atoms with Crippen LogP contribution in [0.5, 0.6) is 11.5 Å². The van der Waals surface area contributed by atoms with Crippen LogP contribution in [-0.2, 0) is 4.79 Å². The molecule has 0 heterocycles. The number of phenolic OH excluding ortho intramolecular Hbond substituents is 2. The van der Waals surface area contributed by atoms with Gasteiger partial charge in [-0.1, -0.05) is 6.07 Å². The Morgan fingerprint density at radius 3 is 2.16 bits per heavy atom. The molecule has 1 aromatic carbocycles. The number of carboxylic acid groups (broad SMARTS) is 1. The monoisotopic (exact) mass is 267 g/mol. The Morgan fingerprint density at radius 1 is 1.21 bits per heavy atom. The van der Waals surface area contributed by atoms with Crippen LogP contribution in [0, 0.1) is 0 Å². The van der Waals surface area contributed by atoms with E-state index in [-0.39, 0.29) is 36.1 Å². The molecule has 6 heteroatoms. The number of carbonyl (C=O) groups excluding carboxylic acids is 1. The molecule has 0 saturated carbocycles. The molecule has 19 heavy (non-hydrogen) atoms. The summed E-state index contributed by atoms with van der Waals surface area (Å²) in [5.74, 6) is -2.26. The fraction of sp³-hybridized carbons (Fsp3) is 0.385. The number of hydrogen-bond acceptors (Lipinski definition) is 4. The van der Waals surface area contributed by atoms with Crippen LogP contribution in [-0.4, -0.2) is 44.7 Å².